The van der Waals surface area contributed by atoms with Gasteiger partial charge in [0.15, 0.2) is 0 Å². The second kappa shape index (κ2) is 7.30. The van der Waals surface area contributed by atoms with Crippen molar-refractivity contribution in [2.24, 2.45) is 0 Å². The molecular formula is C19H25NO3. The van der Waals surface area contributed by atoms with E-state index in [1.807, 2.05) is 12.1 Å². The van der Waals surface area contributed by atoms with Crippen LogP contribution in [0.15, 0.2) is 47.1 Å². The molecule has 0 bridgehead atoms. The molecule has 4 heteroatoms. The number of rotatable bonds is 6. The van der Waals surface area contributed by atoms with E-state index >= 15 is 0 Å². The normalized spacial score (nSPS) is 17.5. The molecule has 1 saturated heterocycles. The van der Waals surface area contributed by atoms with Gasteiger partial charge < -0.3 is 14.3 Å². The molecule has 2 heterocycles. The van der Waals surface area contributed by atoms with Crippen LogP contribution in [0.3, 0.4) is 0 Å². The number of nitrogens with zero attached hydrogens (tertiary/aromatic N) is 1. The maximum atomic E-state index is 10.9. The molecule has 1 N–H and O–H groups in total. The van der Waals surface area contributed by atoms with Gasteiger partial charge in [-0.1, -0.05) is 30.3 Å². The van der Waals surface area contributed by atoms with Gasteiger partial charge in [-0.3, -0.25) is 4.90 Å². The molecule has 0 radical (unpaired) electrons. The van der Waals surface area contributed by atoms with Crippen LogP contribution in [0.2, 0.25) is 0 Å². The molecule has 23 heavy (non-hydrogen) atoms. The third-order valence-corrected chi connectivity index (χ3v) is 4.53. The second-order valence-electron chi connectivity index (χ2n) is 6.49. The molecule has 0 unspecified atom stereocenters. The van der Waals surface area contributed by atoms with Crippen LogP contribution < -0.4 is 0 Å². The van der Waals surface area contributed by atoms with Crippen LogP contribution in [0, 0.1) is 6.92 Å². The fourth-order valence-electron chi connectivity index (χ4n) is 3.10. The number of hydrogen-bond donors (Lipinski definition) is 1. The highest BCUT2D eigenvalue weighted by Crippen LogP contribution is 2.24. The molecule has 0 saturated carbocycles. The zero-order chi connectivity index (χ0) is 16.1. The minimum atomic E-state index is -0.673. The molecule has 0 amide bonds. The minimum absolute atomic E-state index is 0.630. The average Bonchev–Trinajstić information content (AvgIpc) is 2.94. The number of aryl methyl sites for hydroxylation is 1. The average molecular weight is 315 g/mol. The first-order chi connectivity index (χ1) is 11.1. The summed E-state index contributed by atoms with van der Waals surface area (Å²) in [5.74, 6) is 0.969. The summed E-state index contributed by atoms with van der Waals surface area (Å²) >= 11 is 0. The van der Waals surface area contributed by atoms with Gasteiger partial charge in [-0.15, -0.1) is 0 Å². The largest absolute Gasteiger partial charge is 0.468 e. The Morgan fingerprint density at radius 2 is 1.83 bits per heavy atom. The van der Waals surface area contributed by atoms with Crippen molar-refractivity contribution in [2.75, 3.05) is 19.8 Å². The van der Waals surface area contributed by atoms with Gasteiger partial charge in [0, 0.05) is 39.1 Å². The van der Waals surface area contributed by atoms with E-state index in [0.29, 0.717) is 39.1 Å². The highest BCUT2D eigenvalue weighted by Gasteiger charge is 2.32. The number of benzene rings is 1. The Morgan fingerprint density at radius 3 is 2.48 bits per heavy atom. The van der Waals surface area contributed by atoms with E-state index < -0.39 is 5.60 Å². The Kier molecular flexibility index (Phi) is 5.16. The van der Waals surface area contributed by atoms with Gasteiger partial charge in [-0.05, 0) is 24.1 Å². The van der Waals surface area contributed by atoms with Gasteiger partial charge in [0.25, 0.3) is 0 Å². The third-order valence-electron chi connectivity index (χ3n) is 4.53. The Morgan fingerprint density at radius 1 is 1.09 bits per heavy atom. The zero-order valence-corrected chi connectivity index (χ0v) is 13.7. The first-order valence-electron chi connectivity index (χ1n) is 8.24. The summed E-state index contributed by atoms with van der Waals surface area (Å²) in [6.45, 7) is 5.46. The summed E-state index contributed by atoms with van der Waals surface area (Å²) in [4.78, 5) is 2.27. The lowest BCUT2D eigenvalue weighted by molar-refractivity contribution is -0.0827. The van der Waals surface area contributed by atoms with E-state index in [-0.39, 0.29) is 0 Å². The molecule has 1 aromatic carbocycles. The first kappa shape index (κ1) is 16.2. The fourth-order valence-corrected chi connectivity index (χ4v) is 3.10. The summed E-state index contributed by atoms with van der Waals surface area (Å²) in [5, 5.41) is 10.9. The molecule has 0 aliphatic carbocycles. The number of aliphatic hydroxyl groups is 1. The molecule has 0 atom stereocenters. The Hall–Kier alpha value is -1.62. The van der Waals surface area contributed by atoms with Crippen molar-refractivity contribution >= 4 is 0 Å². The molecule has 1 aliphatic heterocycles. The topological polar surface area (TPSA) is 45.8 Å². The number of ether oxygens (including phenoxy) is 1. The molecular weight excluding hydrogens is 290 g/mol. The van der Waals surface area contributed by atoms with Gasteiger partial charge >= 0.3 is 0 Å². The van der Waals surface area contributed by atoms with Crippen LogP contribution in [-0.2, 0) is 17.8 Å². The van der Waals surface area contributed by atoms with Crippen molar-refractivity contribution in [1.82, 2.24) is 4.90 Å². The number of hydrogen-bond acceptors (Lipinski definition) is 4. The Balaban J connectivity index is 1.73. The monoisotopic (exact) mass is 315 g/mol. The van der Waals surface area contributed by atoms with Crippen LogP contribution in [0.1, 0.15) is 29.7 Å². The Bertz CT molecular complexity index is 602. The molecule has 1 aliphatic rings. The lowest BCUT2D eigenvalue weighted by Crippen LogP contribution is -2.46. The predicted octanol–water partition coefficient (Wildman–Crippen LogP) is 3.13. The Labute approximate surface area is 137 Å². The van der Waals surface area contributed by atoms with E-state index in [1.54, 1.807) is 6.26 Å². The molecule has 2 aromatic rings. The molecule has 3 rings (SSSR count). The zero-order valence-electron chi connectivity index (χ0n) is 13.7. The maximum absolute atomic E-state index is 10.9. The lowest BCUT2D eigenvalue weighted by Gasteiger charge is -2.36. The molecule has 4 nitrogen and oxygen atoms in total. The van der Waals surface area contributed by atoms with Crippen LogP contribution in [0.5, 0.6) is 0 Å². The van der Waals surface area contributed by atoms with E-state index in [4.69, 9.17) is 9.15 Å². The summed E-state index contributed by atoms with van der Waals surface area (Å²) in [6, 6.07) is 12.4. The first-order valence-corrected chi connectivity index (χ1v) is 8.24. The highest BCUT2D eigenvalue weighted by molar-refractivity contribution is 5.17. The second-order valence-corrected chi connectivity index (χ2v) is 6.49. The molecule has 1 aromatic heterocycles. The van der Waals surface area contributed by atoms with Crippen LogP contribution in [0.25, 0.3) is 0 Å². The van der Waals surface area contributed by atoms with Gasteiger partial charge in [-0.2, -0.15) is 0 Å². The summed E-state index contributed by atoms with van der Waals surface area (Å²) < 4.78 is 11.0. The van der Waals surface area contributed by atoms with Crippen molar-refractivity contribution in [3.63, 3.8) is 0 Å². The van der Waals surface area contributed by atoms with Gasteiger partial charge in [0.05, 0.1) is 18.4 Å². The van der Waals surface area contributed by atoms with Gasteiger partial charge in [0.1, 0.15) is 5.76 Å². The lowest BCUT2D eigenvalue weighted by atomic mass is 9.93. The van der Waals surface area contributed by atoms with Crippen molar-refractivity contribution < 1.29 is 14.3 Å². The molecule has 0 spiro atoms. The predicted molar refractivity (Wildman–Crippen MR) is 89.0 cm³/mol. The minimum Gasteiger partial charge on any atom is -0.468 e. The molecule has 124 valence electrons. The summed E-state index contributed by atoms with van der Waals surface area (Å²) in [5.41, 5.74) is 1.72. The van der Waals surface area contributed by atoms with E-state index in [0.717, 1.165) is 17.9 Å². The van der Waals surface area contributed by atoms with Crippen LogP contribution in [-0.4, -0.2) is 35.4 Å². The van der Waals surface area contributed by atoms with E-state index in [9.17, 15) is 5.11 Å². The SMILES string of the molecule is Cc1ccoc1CN(Cc1ccccc1)CC1(O)CCOCC1. The van der Waals surface area contributed by atoms with Crippen LogP contribution >= 0.6 is 0 Å². The van der Waals surface area contributed by atoms with E-state index in [2.05, 4.69) is 36.1 Å². The summed E-state index contributed by atoms with van der Waals surface area (Å²) in [6.07, 6.45) is 3.11. The molecule has 1 fully saturated rings. The fraction of sp³-hybridized carbons (Fsp3) is 0.474. The highest BCUT2D eigenvalue weighted by atomic mass is 16.5. The summed E-state index contributed by atoms with van der Waals surface area (Å²) in [7, 11) is 0. The quantitative estimate of drug-likeness (QED) is 0.889. The smallest absolute Gasteiger partial charge is 0.120 e. The van der Waals surface area contributed by atoms with Crippen LogP contribution in [0.4, 0.5) is 0 Å². The third kappa shape index (κ3) is 4.44. The van der Waals surface area contributed by atoms with E-state index in [1.165, 1.54) is 5.56 Å². The van der Waals surface area contributed by atoms with Gasteiger partial charge in [0.2, 0.25) is 0 Å². The van der Waals surface area contributed by atoms with Crippen molar-refractivity contribution in [3.05, 3.63) is 59.5 Å². The van der Waals surface area contributed by atoms with Crippen molar-refractivity contribution in [3.8, 4) is 0 Å². The number of furan rings is 1. The van der Waals surface area contributed by atoms with Gasteiger partial charge in [-0.25, -0.2) is 0 Å². The van der Waals surface area contributed by atoms with Crippen molar-refractivity contribution in [2.45, 2.75) is 38.5 Å². The standard InChI is InChI=1S/C19H25NO3/c1-16-7-10-23-18(16)14-20(13-17-5-3-2-4-6-17)15-19(21)8-11-22-12-9-19/h2-7,10,21H,8-9,11-15H2,1H3. The maximum Gasteiger partial charge on any atom is 0.120 e. The van der Waals surface area contributed by atoms with Crippen molar-refractivity contribution in [1.29, 1.82) is 0 Å².